The average molecular weight is 923 g/mol. The molecule has 0 bridgehead atoms. The Bertz CT molecular complexity index is 4210. The minimum Gasteiger partial charge on any atom is -0.455 e. The number of fused-ring (bicyclic) bond motifs is 9. The van der Waals surface area contributed by atoms with E-state index in [4.69, 9.17) is 14.4 Å². The maximum Gasteiger partial charge on any atom is 0.162 e. The number of benzene rings is 10. The second-order valence-electron chi connectivity index (χ2n) is 19.3. The maximum atomic E-state index is 6.50. The van der Waals surface area contributed by atoms with Crippen LogP contribution in [0.15, 0.2) is 247 Å². The van der Waals surface area contributed by atoms with Gasteiger partial charge in [-0.2, -0.15) is 0 Å². The van der Waals surface area contributed by atoms with Crippen molar-refractivity contribution in [2.24, 2.45) is 0 Å². The predicted octanol–water partition coefficient (Wildman–Crippen LogP) is 17.9. The first-order valence-electron chi connectivity index (χ1n) is 24.6. The quantitative estimate of drug-likeness (QED) is 0.152. The zero-order valence-electron chi connectivity index (χ0n) is 39.8. The number of rotatable bonds is 8. The van der Waals surface area contributed by atoms with E-state index >= 15 is 0 Å². The van der Waals surface area contributed by atoms with Crippen LogP contribution in [-0.4, -0.2) is 14.5 Å². The third-order valence-corrected chi connectivity index (χ3v) is 14.8. The number of hydrogen-bond acceptors (Lipinski definition) is 4. The van der Waals surface area contributed by atoms with Crippen LogP contribution in [0.5, 0.6) is 0 Å². The van der Waals surface area contributed by atoms with Crippen molar-refractivity contribution in [3.05, 3.63) is 254 Å². The van der Waals surface area contributed by atoms with Crippen LogP contribution in [-0.2, 0) is 5.41 Å². The van der Waals surface area contributed by atoms with Gasteiger partial charge in [-0.1, -0.05) is 196 Å². The lowest BCUT2D eigenvalue weighted by Crippen LogP contribution is -2.16. The van der Waals surface area contributed by atoms with Gasteiger partial charge in [0.2, 0.25) is 0 Å². The third kappa shape index (κ3) is 6.55. The third-order valence-electron chi connectivity index (χ3n) is 14.8. The van der Waals surface area contributed by atoms with E-state index in [-0.39, 0.29) is 5.41 Å². The molecule has 14 rings (SSSR count). The SMILES string of the molecule is CC1(C)c2ccccc2-c2c(N(c3ccc(-c4ccc5c(c4)c4c(-c6ccccc6)nc(-c6ccccc6)nc4n5-c4ccccc4)cc3)c3ccc(-c4cccc5c4oc4ccccc45)cc3)cccc21. The molecular weight excluding hydrogens is 877 g/mol. The van der Waals surface area contributed by atoms with Crippen molar-refractivity contribution in [1.29, 1.82) is 0 Å². The molecule has 0 atom stereocenters. The summed E-state index contributed by atoms with van der Waals surface area (Å²) >= 11 is 0. The maximum absolute atomic E-state index is 6.50. The van der Waals surface area contributed by atoms with Gasteiger partial charge in [0.15, 0.2) is 5.82 Å². The number of anilines is 3. The fraction of sp³-hybridized carbons (Fsp3) is 0.0448. The summed E-state index contributed by atoms with van der Waals surface area (Å²) in [7, 11) is 0. The summed E-state index contributed by atoms with van der Waals surface area (Å²) in [4.78, 5) is 13.1. The molecule has 3 heterocycles. The molecule has 1 aliphatic rings. The van der Waals surface area contributed by atoms with Crippen LogP contribution in [0.4, 0.5) is 17.1 Å². The molecule has 5 heteroatoms. The fourth-order valence-corrected chi connectivity index (χ4v) is 11.4. The Hall–Kier alpha value is -9.32. The average Bonchev–Trinajstić information content (AvgIpc) is 4.07. The van der Waals surface area contributed by atoms with Gasteiger partial charge < -0.3 is 9.32 Å². The first-order chi connectivity index (χ1) is 35.5. The molecule has 10 aromatic carbocycles. The standard InChI is InChI=1S/C67H46N4O/c1-67(2)56-28-14-12-25-54(56)61-57(67)29-17-30-59(61)70(50-39-34-44(35-40-50)51-26-16-27-53-52-24-13-15-31-60(52)72-64(51)53)49-37-32-43(33-38-49)47-36-41-58-55(42-47)62-63(45-18-6-3-7-19-45)68-65(46-20-8-4-9-21-46)69-66(62)71(58)48-22-10-5-11-23-48/h3-42H,1-2H3. The summed E-state index contributed by atoms with van der Waals surface area (Å²) in [5.74, 6) is 0.691. The first-order valence-corrected chi connectivity index (χ1v) is 24.6. The van der Waals surface area contributed by atoms with Gasteiger partial charge in [0, 0.05) is 60.9 Å². The summed E-state index contributed by atoms with van der Waals surface area (Å²) < 4.78 is 8.79. The zero-order chi connectivity index (χ0) is 47.9. The number of nitrogens with zero attached hydrogens (tertiary/aromatic N) is 4. The fourth-order valence-electron chi connectivity index (χ4n) is 11.4. The minimum atomic E-state index is -0.149. The molecule has 0 saturated carbocycles. The highest BCUT2D eigenvalue weighted by Gasteiger charge is 2.37. The largest absolute Gasteiger partial charge is 0.455 e. The Morgan fingerprint density at radius 1 is 0.444 bits per heavy atom. The van der Waals surface area contributed by atoms with Crippen molar-refractivity contribution in [3.8, 4) is 61.7 Å². The van der Waals surface area contributed by atoms with Gasteiger partial charge in [0.25, 0.3) is 0 Å². The second-order valence-corrected chi connectivity index (χ2v) is 19.3. The number of para-hydroxylation sites is 3. The Balaban J connectivity index is 0.925. The van der Waals surface area contributed by atoms with Crippen LogP contribution in [0.3, 0.4) is 0 Å². The minimum absolute atomic E-state index is 0.149. The van der Waals surface area contributed by atoms with Crippen LogP contribution in [0.25, 0.3) is 106 Å². The van der Waals surface area contributed by atoms with Crippen molar-refractivity contribution in [2.75, 3.05) is 4.90 Å². The van der Waals surface area contributed by atoms with Gasteiger partial charge in [0.1, 0.15) is 16.8 Å². The normalized spacial score (nSPS) is 12.7. The van der Waals surface area contributed by atoms with Gasteiger partial charge in [0.05, 0.1) is 22.3 Å². The molecule has 0 N–H and O–H groups in total. The molecule has 0 fully saturated rings. The molecule has 3 aromatic heterocycles. The van der Waals surface area contributed by atoms with Gasteiger partial charge in [-0.3, -0.25) is 4.57 Å². The molecule has 0 unspecified atom stereocenters. The molecule has 340 valence electrons. The number of furan rings is 1. The zero-order valence-corrected chi connectivity index (χ0v) is 39.8. The van der Waals surface area contributed by atoms with E-state index in [0.29, 0.717) is 5.82 Å². The van der Waals surface area contributed by atoms with Gasteiger partial charge in [-0.25, -0.2) is 9.97 Å². The van der Waals surface area contributed by atoms with Crippen molar-refractivity contribution in [2.45, 2.75) is 19.3 Å². The lowest BCUT2D eigenvalue weighted by atomic mass is 9.82. The van der Waals surface area contributed by atoms with Crippen molar-refractivity contribution in [3.63, 3.8) is 0 Å². The van der Waals surface area contributed by atoms with E-state index in [2.05, 4.69) is 236 Å². The van der Waals surface area contributed by atoms with Crippen molar-refractivity contribution in [1.82, 2.24) is 14.5 Å². The molecule has 0 radical (unpaired) electrons. The second kappa shape index (κ2) is 16.4. The molecule has 1 aliphatic carbocycles. The first kappa shape index (κ1) is 41.6. The topological polar surface area (TPSA) is 47.1 Å². The predicted molar refractivity (Wildman–Crippen MR) is 298 cm³/mol. The van der Waals surface area contributed by atoms with Crippen LogP contribution < -0.4 is 4.90 Å². The van der Waals surface area contributed by atoms with Gasteiger partial charge in [-0.15, -0.1) is 0 Å². The summed E-state index contributed by atoms with van der Waals surface area (Å²) in [5, 5.41) is 4.36. The van der Waals surface area contributed by atoms with Gasteiger partial charge in [-0.05, 0) is 94.0 Å². The van der Waals surface area contributed by atoms with E-state index in [9.17, 15) is 0 Å². The molecule has 0 aliphatic heterocycles. The lowest BCUT2D eigenvalue weighted by Gasteiger charge is -2.29. The summed E-state index contributed by atoms with van der Waals surface area (Å²) in [6.07, 6.45) is 0. The molecule has 72 heavy (non-hydrogen) atoms. The lowest BCUT2D eigenvalue weighted by molar-refractivity contribution is 0.660. The van der Waals surface area contributed by atoms with Crippen molar-refractivity contribution < 1.29 is 4.42 Å². The highest BCUT2D eigenvalue weighted by atomic mass is 16.3. The Kier molecular flexibility index (Phi) is 9.48. The highest BCUT2D eigenvalue weighted by Crippen LogP contribution is 2.54. The summed E-state index contributed by atoms with van der Waals surface area (Å²) in [6, 6.07) is 86.6. The van der Waals surface area contributed by atoms with E-state index < -0.39 is 0 Å². The molecule has 0 saturated heterocycles. The van der Waals surface area contributed by atoms with Crippen LogP contribution in [0.2, 0.25) is 0 Å². The molecule has 0 spiro atoms. The van der Waals surface area contributed by atoms with Crippen molar-refractivity contribution >= 4 is 60.9 Å². The van der Waals surface area contributed by atoms with Crippen LogP contribution >= 0.6 is 0 Å². The Morgan fingerprint density at radius 2 is 1.04 bits per heavy atom. The highest BCUT2D eigenvalue weighted by molar-refractivity contribution is 6.15. The van der Waals surface area contributed by atoms with E-state index in [1.807, 2.05) is 30.3 Å². The molecule has 5 nitrogen and oxygen atoms in total. The monoisotopic (exact) mass is 922 g/mol. The summed E-state index contributed by atoms with van der Waals surface area (Å²) in [5.41, 5.74) is 20.5. The Morgan fingerprint density at radius 3 is 1.81 bits per heavy atom. The number of aromatic nitrogens is 3. The summed E-state index contributed by atoms with van der Waals surface area (Å²) in [6.45, 7) is 4.69. The van der Waals surface area contributed by atoms with Crippen LogP contribution in [0, 0.1) is 0 Å². The van der Waals surface area contributed by atoms with E-state index in [0.717, 1.165) is 106 Å². The van der Waals surface area contributed by atoms with E-state index in [1.165, 1.54) is 22.3 Å². The van der Waals surface area contributed by atoms with Crippen LogP contribution in [0.1, 0.15) is 25.0 Å². The molecule has 13 aromatic rings. The Labute approximate surface area is 417 Å². The molecular formula is C67H46N4O. The van der Waals surface area contributed by atoms with Gasteiger partial charge >= 0.3 is 0 Å². The smallest absolute Gasteiger partial charge is 0.162 e. The number of hydrogen-bond donors (Lipinski definition) is 0. The van der Waals surface area contributed by atoms with E-state index in [1.54, 1.807) is 0 Å². The molecule has 0 amide bonds.